The SMILES string of the molecule is O=C(NCCc1ccc(Cl)cc1Cl)C1CSC2(CCN(C(=O)C3CCCC3)CC2)N1. The summed E-state index contributed by atoms with van der Waals surface area (Å²) in [5.74, 6) is 1.40. The number of carbonyl (C=O) groups is 2. The van der Waals surface area contributed by atoms with E-state index in [1.165, 1.54) is 12.8 Å². The van der Waals surface area contributed by atoms with Gasteiger partial charge in [0.25, 0.3) is 0 Å². The molecule has 1 saturated carbocycles. The largest absolute Gasteiger partial charge is 0.354 e. The van der Waals surface area contributed by atoms with Gasteiger partial charge in [0.1, 0.15) is 0 Å². The number of likely N-dealkylation sites (tertiary alicyclic amines) is 1. The summed E-state index contributed by atoms with van der Waals surface area (Å²) in [6, 6.07) is 5.25. The maximum absolute atomic E-state index is 12.7. The second kappa shape index (κ2) is 9.68. The lowest BCUT2D eigenvalue weighted by Gasteiger charge is -2.40. The van der Waals surface area contributed by atoms with Crippen molar-refractivity contribution in [1.29, 1.82) is 0 Å². The van der Waals surface area contributed by atoms with Crippen LogP contribution in [0.15, 0.2) is 18.2 Å². The van der Waals surface area contributed by atoms with Crippen molar-refractivity contribution >= 4 is 46.8 Å². The Morgan fingerprint density at radius 2 is 1.93 bits per heavy atom. The molecule has 0 radical (unpaired) electrons. The summed E-state index contributed by atoms with van der Waals surface area (Å²) < 4.78 is 0. The minimum atomic E-state index is -0.187. The number of piperidine rings is 1. The van der Waals surface area contributed by atoms with Gasteiger partial charge in [-0.05, 0) is 49.8 Å². The molecule has 5 nitrogen and oxygen atoms in total. The molecule has 0 bridgehead atoms. The van der Waals surface area contributed by atoms with E-state index >= 15 is 0 Å². The predicted molar refractivity (Wildman–Crippen MR) is 123 cm³/mol. The Labute approximate surface area is 192 Å². The van der Waals surface area contributed by atoms with Gasteiger partial charge in [-0.25, -0.2) is 0 Å². The second-order valence-corrected chi connectivity index (χ2v) is 10.8. The third-order valence-corrected chi connectivity index (χ3v) is 8.74. The van der Waals surface area contributed by atoms with Crippen LogP contribution in [0, 0.1) is 5.92 Å². The monoisotopic (exact) mass is 469 g/mol. The first-order valence-electron chi connectivity index (χ1n) is 10.9. The zero-order chi connectivity index (χ0) is 21.1. The average Bonchev–Trinajstić information content (AvgIpc) is 3.40. The lowest BCUT2D eigenvalue weighted by molar-refractivity contribution is -0.136. The summed E-state index contributed by atoms with van der Waals surface area (Å²) in [6.45, 7) is 2.12. The van der Waals surface area contributed by atoms with Crippen molar-refractivity contribution in [3.05, 3.63) is 33.8 Å². The van der Waals surface area contributed by atoms with Crippen LogP contribution in [-0.2, 0) is 16.0 Å². The minimum absolute atomic E-state index is 0.0360. The van der Waals surface area contributed by atoms with E-state index < -0.39 is 0 Å². The molecule has 2 heterocycles. The molecule has 1 unspecified atom stereocenters. The van der Waals surface area contributed by atoms with Gasteiger partial charge in [0.05, 0.1) is 10.9 Å². The number of thioether (sulfide) groups is 1. The molecule has 0 aromatic heterocycles. The lowest BCUT2D eigenvalue weighted by atomic mass is 10.00. The second-order valence-electron chi connectivity index (χ2n) is 8.59. The van der Waals surface area contributed by atoms with E-state index in [9.17, 15) is 9.59 Å². The molecule has 30 heavy (non-hydrogen) atoms. The number of hydrogen-bond donors (Lipinski definition) is 2. The third kappa shape index (κ3) is 5.09. The van der Waals surface area contributed by atoms with Gasteiger partial charge in [0, 0.05) is 41.4 Å². The molecule has 2 N–H and O–H groups in total. The van der Waals surface area contributed by atoms with Gasteiger partial charge in [0.15, 0.2) is 0 Å². The maximum atomic E-state index is 12.7. The van der Waals surface area contributed by atoms with Crippen molar-refractivity contribution in [2.45, 2.75) is 55.9 Å². The summed E-state index contributed by atoms with van der Waals surface area (Å²) in [7, 11) is 0. The van der Waals surface area contributed by atoms with E-state index in [-0.39, 0.29) is 22.7 Å². The average molecular weight is 470 g/mol. The molecule has 1 atom stereocenters. The van der Waals surface area contributed by atoms with Gasteiger partial charge in [0.2, 0.25) is 11.8 Å². The molecule has 4 rings (SSSR count). The van der Waals surface area contributed by atoms with E-state index in [1.807, 2.05) is 28.8 Å². The Balaban J connectivity index is 1.22. The van der Waals surface area contributed by atoms with Crippen LogP contribution in [-0.4, -0.2) is 53.0 Å². The molecule has 1 aliphatic carbocycles. The predicted octanol–water partition coefficient (Wildman–Crippen LogP) is 3.87. The van der Waals surface area contributed by atoms with Crippen molar-refractivity contribution in [2.75, 3.05) is 25.4 Å². The van der Waals surface area contributed by atoms with Gasteiger partial charge in [-0.1, -0.05) is 42.1 Å². The topological polar surface area (TPSA) is 61.4 Å². The Morgan fingerprint density at radius 1 is 1.20 bits per heavy atom. The molecule has 3 aliphatic rings. The molecule has 2 aliphatic heterocycles. The third-order valence-electron chi connectivity index (χ3n) is 6.58. The molecule has 1 aromatic rings. The van der Waals surface area contributed by atoms with Gasteiger partial charge >= 0.3 is 0 Å². The highest BCUT2D eigenvalue weighted by Gasteiger charge is 2.45. The zero-order valence-corrected chi connectivity index (χ0v) is 19.4. The number of amides is 2. The van der Waals surface area contributed by atoms with Crippen molar-refractivity contribution in [2.24, 2.45) is 5.92 Å². The van der Waals surface area contributed by atoms with Crippen LogP contribution in [0.2, 0.25) is 10.0 Å². The highest BCUT2D eigenvalue weighted by molar-refractivity contribution is 8.01. The van der Waals surface area contributed by atoms with Gasteiger partial charge in [-0.2, -0.15) is 0 Å². The summed E-state index contributed by atoms with van der Waals surface area (Å²) in [5.41, 5.74) is 0.978. The van der Waals surface area contributed by atoms with Crippen molar-refractivity contribution in [1.82, 2.24) is 15.5 Å². The highest BCUT2D eigenvalue weighted by atomic mass is 35.5. The Morgan fingerprint density at radius 3 is 2.63 bits per heavy atom. The molecule has 2 amide bonds. The molecule has 8 heteroatoms. The quantitative estimate of drug-likeness (QED) is 0.686. The standard InChI is InChI=1S/C22H29Cl2N3O2S/c23-17-6-5-15(18(24)13-17)7-10-25-20(28)19-14-30-22(26-19)8-11-27(12-9-22)21(29)16-3-1-2-4-16/h5-6,13,16,19,26H,1-4,7-12,14H2,(H,25,28). The smallest absolute Gasteiger partial charge is 0.238 e. The molecular weight excluding hydrogens is 441 g/mol. The summed E-state index contributed by atoms with van der Waals surface area (Å²) in [6.07, 6.45) is 6.96. The summed E-state index contributed by atoms with van der Waals surface area (Å²) in [4.78, 5) is 27.3. The number of halogens is 2. The van der Waals surface area contributed by atoms with Crippen molar-refractivity contribution in [3.63, 3.8) is 0 Å². The minimum Gasteiger partial charge on any atom is -0.354 e. The van der Waals surface area contributed by atoms with Crippen LogP contribution in [0.3, 0.4) is 0 Å². The van der Waals surface area contributed by atoms with E-state index in [1.54, 1.807) is 6.07 Å². The molecule has 164 valence electrons. The molecular formula is C22H29Cl2N3O2S. The van der Waals surface area contributed by atoms with Gasteiger partial charge in [-0.3, -0.25) is 14.9 Å². The lowest BCUT2D eigenvalue weighted by Crippen LogP contribution is -2.55. The van der Waals surface area contributed by atoms with Crippen LogP contribution in [0.1, 0.15) is 44.1 Å². The van der Waals surface area contributed by atoms with Crippen LogP contribution in [0.4, 0.5) is 0 Å². The molecule has 1 spiro atoms. The Bertz CT molecular complexity index is 793. The van der Waals surface area contributed by atoms with E-state index in [2.05, 4.69) is 10.6 Å². The first-order chi connectivity index (χ1) is 14.5. The summed E-state index contributed by atoms with van der Waals surface area (Å²) >= 11 is 14.0. The fourth-order valence-corrected chi connectivity index (χ4v) is 6.68. The molecule has 3 fully saturated rings. The Hall–Kier alpha value is -0.950. The first kappa shape index (κ1) is 22.3. The van der Waals surface area contributed by atoms with Crippen LogP contribution >= 0.6 is 35.0 Å². The van der Waals surface area contributed by atoms with E-state index in [0.717, 1.165) is 50.1 Å². The number of benzene rings is 1. The zero-order valence-electron chi connectivity index (χ0n) is 17.1. The Kier molecular flexibility index (Phi) is 7.18. The van der Waals surface area contributed by atoms with Crippen LogP contribution < -0.4 is 10.6 Å². The highest BCUT2D eigenvalue weighted by Crippen LogP contribution is 2.40. The summed E-state index contributed by atoms with van der Waals surface area (Å²) in [5, 5.41) is 7.84. The number of nitrogens with one attached hydrogen (secondary N) is 2. The fraction of sp³-hybridized carbons (Fsp3) is 0.636. The number of nitrogens with zero attached hydrogens (tertiary/aromatic N) is 1. The fourth-order valence-electron chi connectivity index (χ4n) is 4.76. The molecule has 1 aromatic carbocycles. The van der Waals surface area contributed by atoms with Gasteiger partial charge in [-0.15, -0.1) is 11.8 Å². The van der Waals surface area contributed by atoms with Crippen LogP contribution in [0.5, 0.6) is 0 Å². The first-order valence-corrected chi connectivity index (χ1v) is 12.6. The maximum Gasteiger partial charge on any atom is 0.238 e. The van der Waals surface area contributed by atoms with E-state index in [0.29, 0.717) is 28.9 Å². The molecule has 2 saturated heterocycles. The van der Waals surface area contributed by atoms with Crippen molar-refractivity contribution < 1.29 is 9.59 Å². The van der Waals surface area contributed by atoms with Crippen molar-refractivity contribution in [3.8, 4) is 0 Å². The number of rotatable bonds is 5. The normalized spacial score (nSPS) is 23.8. The van der Waals surface area contributed by atoms with Crippen LogP contribution in [0.25, 0.3) is 0 Å². The van der Waals surface area contributed by atoms with E-state index in [4.69, 9.17) is 23.2 Å². The number of carbonyl (C=O) groups excluding carboxylic acids is 2. The van der Waals surface area contributed by atoms with Gasteiger partial charge < -0.3 is 10.2 Å². The number of hydrogen-bond acceptors (Lipinski definition) is 4.